The molecule has 1 aromatic rings. The smallest absolute Gasteiger partial charge is 0.247 e. The highest BCUT2D eigenvalue weighted by Gasteiger charge is 2.38. The number of carbonyl (C=O) groups excluding carboxylic acids is 2. The Labute approximate surface area is 120 Å². The van der Waals surface area contributed by atoms with Gasteiger partial charge in [0.05, 0.1) is 0 Å². The maximum Gasteiger partial charge on any atom is 0.247 e. The van der Waals surface area contributed by atoms with Gasteiger partial charge in [0, 0.05) is 18.5 Å². The Morgan fingerprint density at radius 1 is 1.30 bits per heavy atom. The maximum atomic E-state index is 12.6. The molecule has 1 aliphatic heterocycles. The molecule has 4 nitrogen and oxygen atoms in total. The number of piperazine rings is 1. The van der Waals surface area contributed by atoms with Crippen LogP contribution in [-0.4, -0.2) is 29.8 Å². The van der Waals surface area contributed by atoms with E-state index in [0.29, 0.717) is 13.1 Å². The largest absolute Gasteiger partial charge is 0.352 e. The van der Waals surface area contributed by atoms with E-state index < -0.39 is 11.5 Å². The molecular formula is C16H22N2O2. The van der Waals surface area contributed by atoms with Crippen molar-refractivity contribution in [3.05, 3.63) is 35.4 Å². The Morgan fingerprint density at radius 3 is 2.55 bits per heavy atom. The fraction of sp³-hybridized carbons (Fsp3) is 0.500. The highest BCUT2D eigenvalue weighted by Crippen LogP contribution is 2.30. The number of hydrogen-bond donors (Lipinski definition) is 1. The Morgan fingerprint density at radius 2 is 1.95 bits per heavy atom. The minimum atomic E-state index is -0.517. The fourth-order valence-electron chi connectivity index (χ4n) is 2.52. The van der Waals surface area contributed by atoms with Crippen LogP contribution >= 0.6 is 0 Å². The Bertz CT molecular complexity index is 532. The molecule has 1 saturated heterocycles. The summed E-state index contributed by atoms with van der Waals surface area (Å²) in [6, 6.07) is 7.22. The van der Waals surface area contributed by atoms with E-state index in [1.165, 1.54) is 0 Å². The van der Waals surface area contributed by atoms with E-state index >= 15 is 0 Å². The Kier molecular flexibility index (Phi) is 3.84. The molecule has 1 aliphatic rings. The highest BCUT2D eigenvalue weighted by atomic mass is 16.2. The summed E-state index contributed by atoms with van der Waals surface area (Å²) in [5, 5.41) is 2.86. The second-order valence-corrected chi connectivity index (χ2v) is 6.30. The molecule has 4 heteroatoms. The first-order chi connectivity index (χ1) is 9.32. The Hall–Kier alpha value is -1.84. The van der Waals surface area contributed by atoms with Crippen LogP contribution < -0.4 is 5.32 Å². The van der Waals surface area contributed by atoms with Gasteiger partial charge in [0.1, 0.15) is 6.04 Å². The van der Waals surface area contributed by atoms with Gasteiger partial charge in [-0.2, -0.15) is 0 Å². The van der Waals surface area contributed by atoms with Crippen LogP contribution in [0.4, 0.5) is 0 Å². The van der Waals surface area contributed by atoms with Gasteiger partial charge in [-0.05, 0) is 18.1 Å². The van der Waals surface area contributed by atoms with E-state index in [-0.39, 0.29) is 11.8 Å². The van der Waals surface area contributed by atoms with Crippen LogP contribution in [0, 0.1) is 12.3 Å². The zero-order valence-electron chi connectivity index (χ0n) is 12.6. The molecule has 1 unspecified atom stereocenters. The van der Waals surface area contributed by atoms with Crippen molar-refractivity contribution in [1.82, 2.24) is 10.2 Å². The number of nitrogens with zero attached hydrogens (tertiary/aromatic N) is 1. The van der Waals surface area contributed by atoms with Crippen molar-refractivity contribution in [1.29, 1.82) is 0 Å². The third-order valence-corrected chi connectivity index (χ3v) is 3.60. The van der Waals surface area contributed by atoms with E-state index in [2.05, 4.69) is 5.32 Å². The summed E-state index contributed by atoms with van der Waals surface area (Å²) >= 11 is 0. The summed E-state index contributed by atoms with van der Waals surface area (Å²) in [7, 11) is 0. The van der Waals surface area contributed by atoms with Crippen LogP contribution in [0.2, 0.25) is 0 Å². The van der Waals surface area contributed by atoms with Crippen LogP contribution in [0.15, 0.2) is 24.3 Å². The number of carbonyl (C=O) groups is 2. The third kappa shape index (κ3) is 2.69. The maximum absolute atomic E-state index is 12.6. The average Bonchev–Trinajstić information content (AvgIpc) is 2.38. The van der Waals surface area contributed by atoms with Crippen LogP contribution in [-0.2, 0) is 9.59 Å². The van der Waals surface area contributed by atoms with Gasteiger partial charge in [-0.15, -0.1) is 0 Å². The SMILES string of the molecule is Cc1ccccc1C1C(=O)NCCN1C(=O)C(C)(C)C. The summed E-state index contributed by atoms with van der Waals surface area (Å²) in [4.78, 5) is 26.6. The lowest BCUT2D eigenvalue weighted by molar-refractivity contribution is -0.149. The number of nitrogens with one attached hydrogen (secondary N) is 1. The molecular weight excluding hydrogens is 252 g/mol. The first-order valence-electron chi connectivity index (χ1n) is 6.96. The minimum absolute atomic E-state index is 0.0144. The second kappa shape index (κ2) is 5.27. The lowest BCUT2D eigenvalue weighted by Crippen LogP contribution is -2.54. The molecule has 0 aliphatic carbocycles. The van der Waals surface area contributed by atoms with Crippen molar-refractivity contribution < 1.29 is 9.59 Å². The lowest BCUT2D eigenvalue weighted by atomic mass is 9.91. The molecule has 1 heterocycles. The average molecular weight is 274 g/mol. The van der Waals surface area contributed by atoms with Gasteiger partial charge in [-0.25, -0.2) is 0 Å². The summed E-state index contributed by atoms with van der Waals surface area (Å²) in [6.07, 6.45) is 0. The van der Waals surface area contributed by atoms with E-state index in [1.54, 1.807) is 4.90 Å². The van der Waals surface area contributed by atoms with Crippen LogP contribution in [0.25, 0.3) is 0 Å². The van der Waals surface area contributed by atoms with Crippen molar-refractivity contribution >= 4 is 11.8 Å². The van der Waals surface area contributed by atoms with Crippen molar-refractivity contribution in [2.75, 3.05) is 13.1 Å². The van der Waals surface area contributed by atoms with E-state index in [9.17, 15) is 9.59 Å². The molecule has 0 bridgehead atoms. The van der Waals surface area contributed by atoms with Gasteiger partial charge in [0.15, 0.2) is 0 Å². The van der Waals surface area contributed by atoms with Gasteiger partial charge in [-0.3, -0.25) is 9.59 Å². The molecule has 1 fully saturated rings. The topological polar surface area (TPSA) is 49.4 Å². The number of benzene rings is 1. The predicted molar refractivity (Wildman–Crippen MR) is 78.1 cm³/mol. The molecule has 1 N–H and O–H groups in total. The summed E-state index contributed by atoms with van der Waals surface area (Å²) in [5.41, 5.74) is 1.45. The molecule has 1 atom stereocenters. The molecule has 0 spiro atoms. The first kappa shape index (κ1) is 14.6. The number of hydrogen-bond acceptors (Lipinski definition) is 2. The molecule has 2 amide bonds. The number of amides is 2. The van der Waals surface area contributed by atoms with E-state index in [4.69, 9.17) is 0 Å². The van der Waals surface area contributed by atoms with Crippen LogP contribution in [0.1, 0.15) is 37.9 Å². The molecule has 0 aromatic heterocycles. The van der Waals surface area contributed by atoms with Gasteiger partial charge >= 0.3 is 0 Å². The molecule has 20 heavy (non-hydrogen) atoms. The molecule has 0 radical (unpaired) electrons. The molecule has 2 rings (SSSR count). The van der Waals surface area contributed by atoms with E-state index in [1.807, 2.05) is 52.0 Å². The van der Waals surface area contributed by atoms with Crippen molar-refractivity contribution in [3.63, 3.8) is 0 Å². The second-order valence-electron chi connectivity index (χ2n) is 6.30. The summed E-state index contributed by atoms with van der Waals surface area (Å²) < 4.78 is 0. The van der Waals surface area contributed by atoms with Crippen molar-refractivity contribution in [2.24, 2.45) is 5.41 Å². The van der Waals surface area contributed by atoms with Gasteiger partial charge in [0.2, 0.25) is 11.8 Å². The van der Waals surface area contributed by atoms with Gasteiger partial charge in [0.25, 0.3) is 0 Å². The van der Waals surface area contributed by atoms with Gasteiger partial charge < -0.3 is 10.2 Å². The predicted octanol–water partition coefficient (Wildman–Crippen LogP) is 2.04. The first-order valence-corrected chi connectivity index (χ1v) is 6.96. The monoisotopic (exact) mass is 274 g/mol. The summed E-state index contributed by atoms with van der Waals surface area (Å²) in [6.45, 7) is 8.70. The van der Waals surface area contributed by atoms with Crippen molar-refractivity contribution in [3.8, 4) is 0 Å². The quantitative estimate of drug-likeness (QED) is 0.852. The zero-order chi connectivity index (χ0) is 14.9. The van der Waals surface area contributed by atoms with Crippen molar-refractivity contribution in [2.45, 2.75) is 33.7 Å². The molecule has 108 valence electrons. The minimum Gasteiger partial charge on any atom is -0.352 e. The van der Waals surface area contributed by atoms with Crippen LogP contribution in [0.3, 0.4) is 0 Å². The molecule has 1 aromatic carbocycles. The number of aryl methyl sites for hydroxylation is 1. The molecule has 0 saturated carbocycles. The summed E-state index contributed by atoms with van der Waals surface area (Å²) in [5.74, 6) is -0.0799. The number of rotatable bonds is 1. The van der Waals surface area contributed by atoms with Crippen LogP contribution in [0.5, 0.6) is 0 Å². The highest BCUT2D eigenvalue weighted by molar-refractivity contribution is 5.91. The lowest BCUT2D eigenvalue weighted by Gasteiger charge is -2.39. The van der Waals surface area contributed by atoms with Gasteiger partial charge in [-0.1, -0.05) is 45.0 Å². The van der Waals surface area contributed by atoms with E-state index in [0.717, 1.165) is 11.1 Å². The standard InChI is InChI=1S/C16H22N2O2/c1-11-7-5-6-8-12(11)13-14(19)17-9-10-18(13)15(20)16(2,3)4/h5-8,13H,9-10H2,1-4H3,(H,17,19). The third-order valence-electron chi connectivity index (χ3n) is 3.60. The fourth-order valence-corrected chi connectivity index (χ4v) is 2.52. The normalized spacial score (nSPS) is 19.7. The Balaban J connectivity index is 2.42. The zero-order valence-corrected chi connectivity index (χ0v) is 12.6.